The summed E-state index contributed by atoms with van der Waals surface area (Å²) in [7, 11) is 0. The molecule has 0 aliphatic heterocycles. The Hall–Kier alpha value is -0.280. The maximum Gasteiger partial charge on any atom is 0.220 e. The van der Waals surface area contributed by atoms with E-state index in [4.69, 9.17) is 5.73 Å². The summed E-state index contributed by atoms with van der Waals surface area (Å²) in [5.41, 5.74) is 5.81. The molecule has 0 spiro atoms. The molecule has 3 N–H and O–H groups in total. The van der Waals surface area contributed by atoms with E-state index in [1.807, 2.05) is 0 Å². The summed E-state index contributed by atoms with van der Waals surface area (Å²) in [6, 6.07) is 0. The van der Waals surface area contributed by atoms with Crippen molar-refractivity contribution in [3.8, 4) is 0 Å². The highest BCUT2D eigenvalue weighted by Crippen LogP contribution is 2.39. The largest absolute Gasteiger partial charge is 0.349 e. The van der Waals surface area contributed by atoms with Gasteiger partial charge in [0.2, 0.25) is 5.91 Å². The van der Waals surface area contributed by atoms with Crippen molar-refractivity contribution in [3.63, 3.8) is 0 Å². The molecule has 1 fully saturated rings. The number of nitrogens with two attached hydrogens (primary N) is 1. The molecule has 102 valence electrons. The normalized spacial score (nSPS) is 19.1. The average Bonchev–Trinajstić information content (AvgIpc) is 2.96. The second-order valence-electron chi connectivity index (χ2n) is 6.50. The minimum atomic E-state index is -0.172. The summed E-state index contributed by atoms with van der Waals surface area (Å²) in [6.07, 6.45) is 3.93. The van der Waals surface area contributed by atoms with E-state index in [0.29, 0.717) is 18.9 Å². The Labute approximate surface area is 111 Å². The molecule has 0 aromatic rings. The molecular weight excluding hydrogens is 236 g/mol. The number of carbonyl (C=O) groups is 1. The van der Waals surface area contributed by atoms with Crippen molar-refractivity contribution in [1.82, 2.24) is 5.32 Å². The van der Waals surface area contributed by atoms with Crippen LogP contribution < -0.4 is 11.1 Å². The van der Waals surface area contributed by atoms with Gasteiger partial charge in [0.05, 0.1) is 5.54 Å². The van der Waals surface area contributed by atoms with Crippen molar-refractivity contribution in [1.29, 1.82) is 0 Å². The molecule has 1 aliphatic rings. The molecule has 17 heavy (non-hydrogen) atoms. The van der Waals surface area contributed by atoms with Crippen molar-refractivity contribution in [3.05, 3.63) is 0 Å². The summed E-state index contributed by atoms with van der Waals surface area (Å²) in [5, 5.41) is 3.11. The molecule has 3 nitrogen and oxygen atoms in total. The van der Waals surface area contributed by atoms with Crippen LogP contribution in [0.25, 0.3) is 0 Å². The number of carbonyl (C=O) groups excluding carboxylic acids is 1. The lowest BCUT2D eigenvalue weighted by molar-refractivity contribution is -0.123. The minimum Gasteiger partial charge on any atom is -0.349 e. The van der Waals surface area contributed by atoms with Gasteiger partial charge in [-0.1, -0.05) is 20.8 Å². The van der Waals surface area contributed by atoms with Crippen LogP contribution in [0.3, 0.4) is 0 Å². The maximum absolute atomic E-state index is 11.8. The van der Waals surface area contributed by atoms with Crippen LogP contribution in [0.5, 0.6) is 0 Å². The van der Waals surface area contributed by atoms with E-state index in [1.54, 1.807) is 0 Å². The zero-order chi connectivity index (χ0) is 12.4. The van der Waals surface area contributed by atoms with Crippen LogP contribution in [0, 0.1) is 11.3 Å². The second-order valence-corrected chi connectivity index (χ2v) is 6.50. The van der Waals surface area contributed by atoms with Gasteiger partial charge in [0.25, 0.3) is 0 Å². The highest BCUT2D eigenvalue weighted by Gasteiger charge is 2.41. The number of amides is 1. The van der Waals surface area contributed by atoms with Crippen molar-refractivity contribution in [2.45, 2.75) is 58.9 Å². The summed E-state index contributed by atoms with van der Waals surface area (Å²) in [6.45, 7) is 9.08. The number of halogens is 1. The van der Waals surface area contributed by atoms with E-state index >= 15 is 0 Å². The first-order valence-electron chi connectivity index (χ1n) is 6.28. The maximum atomic E-state index is 11.8. The fourth-order valence-electron chi connectivity index (χ4n) is 1.91. The number of hydrogen-bond acceptors (Lipinski definition) is 2. The molecule has 0 aromatic carbocycles. The topological polar surface area (TPSA) is 55.1 Å². The zero-order valence-corrected chi connectivity index (χ0v) is 12.3. The fraction of sp³-hybridized carbons (Fsp3) is 0.923. The summed E-state index contributed by atoms with van der Waals surface area (Å²) < 4.78 is 0. The third-order valence-electron chi connectivity index (χ3n) is 3.43. The molecule has 1 amide bonds. The van der Waals surface area contributed by atoms with E-state index in [1.165, 1.54) is 12.8 Å². The third-order valence-corrected chi connectivity index (χ3v) is 3.43. The second kappa shape index (κ2) is 6.05. The predicted molar refractivity (Wildman–Crippen MR) is 74.3 cm³/mol. The molecule has 1 saturated carbocycles. The van der Waals surface area contributed by atoms with Crippen LogP contribution in [0.2, 0.25) is 0 Å². The van der Waals surface area contributed by atoms with Gasteiger partial charge in [-0.25, -0.2) is 0 Å². The van der Waals surface area contributed by atoms with Crippen LogP contribution in [-0.4, -0.2) is 18.0 Å². The van der Waals surface area contributed by atoms with Crippen molar-refractivity contribution in [2.24, 2.45) is 17.1 Å². The highest BCUT2D eigenvalue weighted by atomic mass is 35.5. The smallest absolute Gasteiger partial charge is 0.220 e. The van der Waals surface area contributed by atoms with Gasteiger partial charge in [-0.15, -0.1) is 12.4 Å². The molecular formula is C13H27ClN2O. The van der Waals surface area contributed by atoms with Crippen LogP contribution >= 0.6 is 12.4 Å². The fourth-order valence-corrected chi connectivity index (χ4v) is 1.91. The highest BCUT2D eigenvalue weighted by molar-refractivity contribution is 5.85. The molecule has 0 radical (unpaired) electrons. The van der Waals surface area contributed by atoms with Gasteiger partial charge < -0.3 is 11.1 Å². The molecule has 1 unspecified atom stereocenters. The van der Waals surface area contributed by atoms with E-state index < -0.39 is 0 Å². The number of nitrogens with one attached hydrogen (secondary N) is 1. The first-order chi connectivity index (χ1) is 7.27. The SMILES string of the molecule is CC(C)(C)CCC(=O)NC(C)(CN)C1CC1.Cl. The molecule has 1 aliphatic carbocycles. The molecule has 1 rings (SSSR count). The van der Waals surface area contributed by atoms with Crippen molar-refractivity contribution < 1.29 is 4.79 Å². The van der Waals surface area contributed by atoms with E-state index in [0.717, 1.165) is 6.42 Å². The van der Waals surface area contributed by atoms with Crippen LogP contribution in [0.1, 0.15) is 53.4 Å². The Balaban J connectivity index is 0.00000256. The molecule has 0 heterocycles. The lowest BCUT2D eigenvalue weighted by Gasteiger charge is -2.30. The van der Waals surface area contributed by atoms with Crippen LogP contribution in [0.15, 0.2) is 0 Å². The lowest BCUT2D eigenvalue weighted by Crippen LogP contribution is -2.53. The molecule has 4 heteroatoms. The molecule has 0 bridgehead atoms. The first kappa shape index (κ1) is 16.7. The van der Waals surface area contributed by atoms with Crippen molar-refractivity contribution >= 4 is 18.3 Å². The van der Waals surface area contributed by atoms with Gasteiger partial charge >= 0.3 is 0 Å². The lowest BCUT2D eigenvalue weighted by atomic mass is 9.89. The minimum absolute atomic E-state index is 0. The Morgan fingerprint density at radius 1 is 1.29 bits per heavy atom. The quantitative estimate of drug-likeness (QED) is 0.800. The Bertz CT molecular complexity index is 259. The predicted octanol–water partition coefficient (Wildman–Crippen LogP) is 2.48. The van der Waals surface area contributed by atoms with Gasteiger partial charge in [0, 0.05) is 13.0 Å². The molecule has 1 atom stereocenters. The summed E-state index contributed by atoms with van der Waals surface area (Å²) in [4.78, 5) is 11.8. The Morgan fingerprint density at radius 3 is 2.18 bits per heavy atom. The Morgan fingerprint density at radius 2 is 1.82 bits per heavy atom. The van der Waals surface area contributed by atoms with Crippen molar-refractivity contribution in [2.75, 3.05) is 6.54 Å². The van der Waals surface area contributed by atoms with Gasteiger partial charge in [0.1, 0.15) is 0 Å². The van der Waals surface area contributed by atoms with Gasteiger partial charge in [-0.3, -0.25) is 4.79 Å². The van der Waals surface area contributed by atoms with Gasteiger partial charge in [-0.2, -0.15) is 0 Å². The zero-order valence-electron chi connectivity index (χ0n) is 11.5. The van der Waals surface area contributed by atoms with Gasteiger partial charge in [0.15, 0.2) is 0 Å². The Kier molecular flexibility index (Phi) is 5.95. The van der Waals surface area contributed by atoms with Crippen LogP contribution in [-0.2, 0) is 4.79 Å². The van der Waals surface area contributed by atoms with E-state index in [2.05, 4.69) is 33.0 Å². The van der Waals surface area contributed by atoms with Gasteiger partial charge in [-0.05, 0) is 37.5 Å². The first-order valence-corrected chi connectivity index (χ1v) is 6.28. The average molecular weight is 263 g/mol. The standard InChI is InChI=1S/C13H26N2O.ClH/c1-12(2,3)8-7-11(16)15-13(4,9-14)10-5-6-10;/h10H,5-9,14H2,1-4H3,(H,15,16);1H. The third kappa shape index (κ3) is 5.73. The van der Waals surface area contributed by atoms with Crippen LogP contribution in [0.4, 0.5) is 0 Å². The van der Waals surface area contributed by atoms with E-state index in [-0.39, 0.29) is 29.3 Å². The number of rotatable bonds is 5. The molecule has 0 aromatic heterocycles. The molecule has 0 saturated heterocycles. The van der Waals surface area contributed by atoms with E-state index in [9.17, 15) is 4.79 Å². The monoisotopic (exact) mass is 262 g/mol. The number of hydrogen-bond donors (Lipinski definition) is 2. The summed E-state index contributed by atoms with van der Waals surface area (Å²) in [5.74, 6) is 0.742. The summed E-state index contributed by atoms with van der Waals surface area (Å²) >= 11 is 0.